The van der Waals surface area contributed by atoms with Crippen LogP contribution in [0.1, 0.15) is 15.9 Å². The SMILES string of the molecule is Cn1cc(CNC(=O)c2cc(N)ccc2Cl)cn1. The molecule has 5 nitrogen and oxygen atoms in total. The molecule has 0 spiro atoms. The summed E-state index contributed by atoms with van der Waals surface area (Å²) < 4.78 is 1.68. The normalized spacial score (nSPS) is 10.3. The van der Waals surface area contributed by atoms with E-state index in [0.29, 0.717) is 22.8 Å². The molecule has 0 aliphatic heterocycles. The average molecular weight is 265 g/mol. The van der Waals surface area contributed by atoms with Crippen molar-refractivity contribution >= 4 is 23.2 Å². The highest BCUT2D eigenvalue weighted by Crippen LogP contribution is 2.18. The van der Waals surface area contributed by atoms with Crippen molar-refractivity contribution in [2.75, 3.05) is 5.73 Å². The molecule has 0 aliphatic rings. The van der Waals surface area contributed by atoms with E-state index in [4.69, 9.17) is 17.3 Å². The van der Waals surface area contributed by atoms with Crippen molar-refractivity contribution in [3.8, 4) is 0 Å². The second kappa shape index (κ2) is 5.10. The number of nitrogens with two attached hydrogens (primary N) is 1. The van der Waals surface area contributed by atoms with Gasteiger partial charge in [0.25, 0.3) is 5.91 Å². The average Bonchev–Trinajstić information content (AvgIpc) is 2.75. The molecule has 0 saturated heterocycles. The van der Waals surface area contributed by atoms with Gasteiger partial charge in [-0.25, -0.2) is 0 Å². The maximum absolute atomic E-state index is 11.9. The lowest BCUT2D eigenvalue weighted by atomic mass is 10.2. The van der Waals surface area contributed by atoms with E-state index in [1.165, 1.54) is 0 Å². The lowest BCUT2D eigenvalue weighted by Gasteiger charge is -2.06. The van der Waals surface area contributed by atoms with E-state index in [0.717, 1.165) is 5.56 Å². The van der Waals surface area contributed by atoms with Crippen molar-refractivity contribution in [3.63, 3.8) is 0 Å². The fourth-order valence-corrected chi connectivity index (χ4v) is 1.76. The fourth-order valence-electron chi connectivity index (χ4n) is 1.56. The van der Waals surface area contributed by atoms with Gasteiger partial charge in [-0.1, -0.05) is 11.6 Å². The summed E-state index contributed by atoms with van der Waals surface area (Å²) in [4.78, 5) is 11.9. The quantitative estimate of drug-likeness (QED) is 0.827. The summed E-state index contributed by atoms with van der Waals surface area (Å²) in [5, 5.41) is 7.16. The molecule has 1 amide bonds. The minimum atomic E-state index is -0.254. The molecule has 1 aromatic heterocycles. The number of aromatic nitrogens is 2. The highest BCUT2D eigenvalue weighted by Gasteiger charge is 2.10. The molecule has 0 aliphatic carbocycles. The summed E-state index contributed by atoms with van der Waals surface area (Å²) in [7, 11) is 1.82. The van der Waals surface area contributed by atoms with Gasteiger partial charge < -0.3 is 11.1 Å². The van der Waals surface area contributed by atoms with Gasteiger partial charge in [-0.05, 0) is 18.2 Å². The Kier molecular flexibility index (Phi) is 3.53. The lowest BCUT2D eigenvalue weighted by Crippen LogP contribution is -2.23. The minimum Gasteiger partial charge on any atom is -0.399 e. The molecular formula is C12H13ClN4O. The smallest absolute Gasteiger partial charge is 0.253 e. The second-order valence-electron chi connectivity index (χ2n) is 3.94. The number of carbonyl (C=O) groups is 1. The van der Waals surface area contributed by atoms with Crippen molar-refractivity contribution < 1.29 is 4.79 Å². The maximum atomic E-state index is 11.9. The van der Waals surface area contributed by atoms with E-state index in [9.17, 15) is 4.79 Å². The van der Waals surface area contributed by atoms with Gasteiger partial charge in [0.05, 0.1) is 16.8 Å². The first-order valence-electron chi connectivity index (χ1n) is 5.37. The number of hydrogen-bond donors (Lipinski definition) is 2. The van der Waals surface area contributed by atoms with E-state index in [1.54, 1.807) is 29.1 Å². The predicted octanol–water partition coefficient (Wildman–Crippen LogP) is 1.59. The Morgan fingerprint density at radius 1 is 1.56 bits per heavy atom. The molecule has 6 heteroatoms. The van der Waals surface area contributed by atoms with Crippen LogP contribution < -0.4 is 11.1 Å². The highest BCUT2D eigenvalue weighted by molar-refractivity contribution is 6.34. The Morgan fingerprint density at radius 3 is 3.00 bits per heavy atom. The van der Waals surface area contributed by atoms with Crippen LogP contribution in [0.2, 0.25) is 5.02 Å². The van der Waals surface area contributed by atoms with Gasteiger partial charge in [0, 0.05) is 31.0 Å². The summed E-state index contributed by atoms with van der Waals surface area (Å²) in [6.45, 7) is 0.401. The van der Waals surface area contributed by atoms with Crippen molar-refractivity contribution in [1.82, 2.24) is 15.1 Å². The van der Waals surface area contributed by atoms with Crippen LogP contribution >= 0.6 is 11.6 Å². The zero-order valence-electron chi connectivity index (χ0n) is 9.85. The number of carbonyl (C=O) groups excluding carboxylic acids is 1. The Morgan fingerprint density at radius 2 is 2.33 bits per heavy atom. The third-order valence-electron chi connectivity index (χ3n) is 2.45. The van der Waals surface area contributed by atoms with Gasteiger partial charge in [-0.3, -0.25) is 9.48 Å². The van der Waals surface area contributed by atoms with Crippen LogP contribution in [0.5, 0.6) is 0 Å². The molecule has 0 saturated carbocycles. The molecule has 1 heterocycles. The van der Waals surface area contributed by atoms with E-state index in [1.807, 2.05) is 13.2 Å². The van der Waals surface area contributed by atoms with Crippen LogP contribution in [0.4, 0.5) is 5.69 Å². The van der Waals surface area contributed by atoms with Crippen LogP contribution in [0.25, 0.3) is 0 Å². The van der Waals surface area contributed by atoms with Crippen LogP contribution in [-0.4, -0.2) is 15.7 Å². The van der Waals surface area contributed by atoms with Crippen molar-refractivity contribution in [3.05, 3.63) is 46.7 Å². The minimum absolute atomic E-state index is 0.254. The molecule has 2 rings (SSSR count). The molecule has 0 atom stereocenters. The molecule has 1 aromatic carbocycles. The number of nitrogens with zero attached hydrogens (tertiary/aromatic N) is 2. The zero-order valence-corrected chi connectivity index (χ0v) is 10.6. The number of aryl methyl sites for hydroxylation is 1. The highest BCUT2D eigenvalue weighted by atomic mass is 35.5. The Bertz CT molecular complexity index is 579. The second-order valence-corrected chi connectivity index (χ2v) is 4.35. The first kappa shape index (κ1) is 12.4. The molecule has 3 N–H and O–H groups in total. The van der Waals surface area contributed by atoms with Crippen molar-refractivity contribution in [1.29, 1.82) is 0 Å². The number of rotatable bonds is 3. The fraction of sp³-hybridized carbons (Fsp3) is 0.167. The number of anilines is 1. The third kappa shape index (κ3) is 2.81. The molecule has 0 radical (unpaired) electrons. The molecule has 0 bridgehead atoms. The molecular weight excluding hydrogens is 252 g/mol. The van der Waals surface area contributed by atoms with Crippen molar-refractivity contribution in [2.24, 2.45) is 7.05 Å². The molecule has 18 heavy (non-hydrogen) atoms. The van der Waals surface area contributed by atoms with E-state index in [-0.39, 0.29) is 5.91 Å². The summed E-state index contributed by atoms with van der Waals surface area (Å²) in [5.74, 6) is -0.254. The standard InChI is InChI=1S/C12H13ClN4O/c1-17-7-8(6-16-17)5-15-12(18)10-4-9(14)2-3-11(10)13/h2-4,6-7H,5,14H2,1H3,(H,15,18). The lowest BCUT2D eigenvalue weighted by molar-refractivity contribution is 0.0951. The number of benzene rings is 1. The van der Waals surface area contributed by atoms with Crippen LogP contribution in [0, 0.1) is 0 Å². The molecule has 0 unspecified atom stereocenters. The summed E-state index contributed by atoms with van der Waals surface area (Å²) >= 11 is 5.94. The van der Waals surface area contributed by atoms with E-state index < -0.39 is 0 Å². The van der Waals surface area contributed by atoms with E-state index >= 15 is 0 Å². The van der Waals surface area contributed by atoms with Gasteiger partial charge in [0.15, 0.2) is 0 Å². The van der Waals surface area contributed by atoms with Gasteiger partial charge in [-0.15, -0.1) is 0 Å². The number of hydrogen-bond acceptors (Lipinski definition) is 3. The van der Waals surface area contributed by atoms with Crippen LogP contribution in [-0.2, 0) is 13.6 Å². The van der Waals surface area contributed by atoms with Gasteiger partial charge in [0.1, 0.15) is 0 Å². The van der Waals surface area contributed by atoms with Crippen LogP contribution in [0.15, 0.2) is 30.6 Å². The topological polar surface area (TPSA) is 72.9 Å². The third-order valence-corrected chi connectivity index (χ3v) is 2.78. The summed E-state index contributed by atoms with van der Waals surface area (Å²) in [6.07, 6.45) is 3.53. The van der Waals surface area contributed by atoms with Crippen molar-refractivity contribution in [2.45, 2.75) is 6.54 Å². The molecule has 94 valence electrons. The Hall–Kier alpha value is -2.01. The number of nitrogen functional groups attached to an aromatic ring is 1. The first-order chi connectivity index (χ1) is 8.56. The zero-order chi connectivity index (χ0) is 13.1. The molecule has 2 aromatic rings. The Balaban J connectivity index is 2.05. The predicted molar refractivity (Wildman–Crippen MR) is 70.2 cm³/mol. The molecule has 0 fully saturated rings. The van der Waals surface area contributed by atoms with Gasteiger partial charge >= 0.3 is 0 Å². The maximum Gasteiger partial charge on any atom is 0.253 e. The number of halogens is 1. The van der Waals surface area contributed by atoms with Gasteiger partial charge in [0.2, 0.25) is 0 Å². The van der Waals surface area contributed by atoms with Gasteiger partial charge in [-0.2, -0.15) is 5.10 Å². The van der Waals surface area contributed by atoms with Crippen LogP contribution in [0.3, 0.4) is 0 Å². The summed E-state index contributed by atoms with van der Waals surface area (Å²) in [6, 6.07) is 4.82. The largest absolute Gasteiger partial charge is 0.399 e. The number of nitrogens with one attached hydrogen (secondary N) is 1. The number of amides is 1. The monoisotopic (exact) mass is 264 g/mol. The van der Waals surface area contributed by atoms with E-state index in [2.05, 4.69) is 10.4 Å². The summed E-state index contributed by atoms with van der Waals surface area (Å²) in [5.41, 5.74) is 7.43. The first-order valence-corrected chi connectivity index (χ1v) is 5.75. The Labute approximate surface area is 110 Å².